The normalized spacial score (nSPS) is 17.8. The molecule has 1 unspecified atom stereocenters. The van der Waals surface area contributed by atoms with Crippen molar-refractivity contribution in [3.63, 3.8) is 0 Å². The van der Waals surface area contributed by atoms with Gasteiger partial charge in [-0.05, 0) is 59.0 Å². The third-order valence-electron chi connectivity index (χ3n) is 3.73. The third kappa shape index (κ3) is 4.90. The van der Waals surface area contributed by atoms with Gasteiger partial charge in [-0.2, -0.15) is 0 Å². The van der Waals surface area contributed by atoms with Crippen molar-refractivity contribution in [2.75, 3.05) is 39.0 Å². The Balaban J connectivity index is 1.90. The van der Waals surface area contributed by atoms with Crippen LogP contribution in [0.2, 0.25) is 0 Å². The molecule has 4 nitrogen and oxygen atoms in total. The second-order valence-electron chi connectivity index (χ2n) is 6.91. The van der Waals surface area contributed by atoms with Crippen LogP contribution in [0.4, 0.5) is 5.69 Å². The lowest BCUT2D eigenvalue weighted by atomic mass is 10.0. The first-order valence-corrected chi connectivity index (χ1v) is 7.80. The van der Waals surface area contributed by atoms with E-state index in [4.69, 9.17) is 4.74 Å². The van der Waals surface area contributed by atoms with Gasteiger partial charge in [-0.1, -0.05) is 6.07 Å². The van der Waals surface area contributed by atoms with Gasteiger partial charge in [0.05, 0.1) is 12.2 Å². The summed E-state index contributed by atoms with van der Waals surface area (Å²) in [5.74, 6) is 0.961. The maximum atomic E-state index is 5.99. The Kier molecular flexibility index (Phi) is 5.12. The van der Waals surface area contributed by atoms with E-state index >= 15 is 0 Å². The molecule has 0 fully saturated rings. The first kappa shape index (κ1) is 16.1. The fourth-order valence-corrected chi connectivity index (χ4v) is 2.53. The number of likely N-dealkylation sites (N-methyl/N-ethyl adjacent to an activating group) is 1. The molecular formula is C17H29N3O. The zero-order valence-electron chi connectivity index (χ0n) is 14.0. The van der Waals surface area contributed by atoms with Gasteiger partial charge >= 0.3 is 0 Å². The molecule has 1 aliphatic rings. The van der Waals surface area contributed by atoms with Crippen molar-refractivity contribution in [2.24, 2.45) is 0 Å². The van der Waals surface area contributed by atoms with E-state index < -0.39 is 0 Å². The molecule has 118 valence electrons. The summed E-state index contributed by atoms with van der Waals surface area (Å²) in [7, 11) is 4.20. The van der Waals surface area contributed by atoms with Gasteiger partial charge in [0.1, 0.15) is 11.4 Å². The molecule has 4 heteroatoms. The van der Waals surface area contributed by atoms with E-state index in [1.54, 1.807) is 0 Å². The Hall–Kier alpha value is -1.26. The van der Waals surface area contributed by atoms with Crippen molar-refractivity contribution in [3.05, 3.63) is 23.8 Å². The molecule has 0 spiro atoms. The lowest BCUT2D eigenvalue weighted by Gasteiger charge is -2.33. The standard InChI is InChI=1S/C17H29N3O/c1-13(18-8-9-20(4)5)10-14-6-7-16-15(11-14)19-12-17(2,3)21-16/h6-7,11,13,18-19H,8-10,12H2,1-5H3. The first-order valence-electron chi connectivity index (χ1n) is 7.80. The molecule has 1 atom stereocenters. The molecule has 21 heavy (non-hydrogen) atoms. The molecule has 0 aromatic heterocycles. The third-order valence-corrected chi connectivity index (χ3v) is 3.73. The van der Waals surface area contributed by atoms with Gasteiger partial charge in [0.25, 0.3) is 0 Å². The van der Waals surface area contributed by atoms with Crippen LogP contribution in [0.3, 0.4) is 0 Å². The van der Waals surface area contributed by atoms with E-state index in [-0.39, 0.29) is 5.60 Å². The van der Waals surface area contributed by atoms with Crippen LogP contribution in [0.15, 0.2) is 18.2 Å². The Bertz CT molecular complexity index is 471. The quantitative estimate of drug-likeness (QED) is 0.843. The highest BCUT2D eigenvalue weighted by Crippen LogP contribution is 2.33. The molecule has 2 rings (SSSR count). The topological polar surface area (TPSA) is 36.5 Å². The fraction of sp³-hybridized carbons (Fsp3) is 0.647. The van der Waals surface area contributed by atoms with E-state index in [9.17, 15) is 0 Å². The second kappa shape index (κ2) is 6.67. The van der Waals surface area contributed by atoms with Crippen LogP contribution in [0, 0.1) is 0 Å². The van der Waals surface area contributed by atoms with E-state index in [0.29, 0.717) is 6.04 Å². The number of rotatable bonds is 6. The van der Waals surface area contributed by atoms with Crippen molar-refractivity contribution < 1.29 is 4.74 Å². The highest BCUT2D eigenvalue weighted by atomic mass is 16.5. The van der Waals surface area contributed by atoms with Crippen LogP contribution in [0.5, 0.6) is 5.75 Å². The first-order chi connectivity index (χ1) is 9.85. The number of anilines is 1. The van der Waals surface area contributed by atoms with Crippen LogP contribution < -0.4 is 15.4 Å². The van der Waals surface area contributed by atoms with E-state index in [1.807, 2.05) is 0 Å². The highest BCUT2D eigenvalue weighted by molar-refractivity contribution is 5.60. The molecular weight excluding hydrogens is 262 g/mol. The lowest BCUT2D eigenvalue weighted by Crippen LogP contribution is -2.40. The minimum Gasteiger partial charge on any atom is -0.484 e. The molecule has 0 saturated heterocycles. The summed E-state index contributed by atoms with van der Waals surface area (Å²) in [6.45, 7) is 9.39. The molecule has 0 bridgehead atoms. The number of hydrogen-bond donors (Lipinski definition) is 2. The van der Waals surface area contributed by atoms with E-state index in [0.717, 1.165) is 37.5 Å². The maximum Gasteiger partial charge on any atom is 0.143 e. The summed E-state index contributed by atoms with van der Waals surface area (Å²) in [5.41, 5.74) is 2.33. The number of hydrogen-bond acceptors (Lipinski definition) is 4. The lowest BCUT2D eigenvalue weighted by molar-refractivity contribution is 0.116. The van der Waals surface area contributed by atoms with Gasteiger partial charge in [0.15, 0.2) is 0 Å². The Morgan fingerprint density at radius 3 is 2.86 bits per heavy atom. The minimum atomic E-state index is -0.129. The molecule has 0 radical (unpaired) electrons. The minimum absolute atomic E-state index is 0.129. The molecule has 0 amide bonds. The molecule has 1 heterocycles. The number of nitrogens with zero attached hydrogens (tertiary/aromatic N) is 1. The average Bonchev–Trinajstić information content (AvgIpc) is 2.38. The second-order valence-corrected chi connectivity index (χ2v) is 6.91. The SMILES string of the molecule is CC(Cc1ccc2c(c1)NCC(C)(C)O2)NCCN(C)C. The molecule has 1 aromatic rings. The van der Waals surface area contributed by atoms with Gasteiger partial charge in [-0.3, -0.25) is 0 Å². The summed E-state index contributed by atoms with van der Waals surface area (Å²) in [4.78, 5) is 2.20. The number of nitrogens with one attached hydrogen (secondary N) is 2. The Labute approximate surface area is 128 Å². The van der Waals surface area contributed by atoms with Crippen molar-refractivity contribution in [2.45, 2.75) is 38.8 Å². The summed E-state index contributed by atoms with van der Waals surface area (Å²) in [6, 6.07) is 6.95. The Morgan fingerprint density at radius 2 is 2.14 bits per heavy atom. The monoisotopic (exact) mass is 291 g/mol. The molecule has 1 aliphatic heterocycles. The number of fused-ring (bicyclic) bond motifs is 1. The summed E-state index contributed by atoms with van der Waals surface area (Å²) >= 11 is 0. The smallest absolute Gasteiger partial charge is 0.143 e. The molecule has 0 aliphatic carbocycles. The van der Waals surface area contributed by atoms with E-state index in [2.05, 4.69) is 68.6 Å². The van der Waals surface area contributed by atoms with Crippen LogP contribution >= 0.6 is 0 Å². The van der Waals surface area contributed by atoms with Crippen LogP contribution in [-0.2, 0) is 6.42 Å². The average molecular weight is 291 g/mol. The zero-order chi connectivity index (χ0) is 15.5. The molecule has 1 aromatic carbocycles. The maximum absolute atomic E-state index is 5.99. The molecule has 2 N–H and O–H groups in total. The molecule has 0 saturated carbocycles. The van der Waals surface area contributed by atoms with Gasteiger partial charge < -0.3 is 20.3 Å². The van der Waals surface area contributed by atoms with Crippen LogP contribution in [0.25, 0.3) is 0 Å². The van der Waals surface area contributed by atoms with Crippen molar-refractivity contribution in [1.29, 1.82) is 0 Å². The highest BCUT2D eigenvalue weighted by Gasteiger charge is 2.26. The van der Waals surface area contributed by atoms with Crippen LogP contribution in [0.1, 0.15) is 26.3 Å². The predicted octanol–water partition coefficient (Wildman–Crippen LogP) is 2.35. The number of benzene rings is 1. The van der Waals surface area contributed by atoms with Crippen LogP contribution in [-0.4, -0.2) is 50.3 Å². The zero-order valence-corrected chi connectivity index (χ0v) is 14.0. The summed E-state index contributed by atoms with van der Waals surface area (Å²) < 4.78 is 5.99. The predicted molar refractivity (Wildman–Crippen MR) is 89.4 cm³/mol. The van der Waals surface area contributed by atoms with Gasteiger partial charge in [0, 0.05) is 19.1 Å². The van der Waals surface area contributed by atoms with E-state index in [1.165, 1.54) is 5.56 Å². The Morgan fingerprint density at radius 1 is 1.38 bits per heavy atom. The van der Waals surface area contributed by atoms with Gasteiger partial charge in [0.2, 0.25) is 0 Å². The van der Waals surface area contributed by atoms with Gasteiger partial charge in [-0.25, -0.2) is 0 Å². The van der Waals surface area contributed by atoms with Crippen molar-refractivity contribution in [3.8, 4) is 5.75 Å². The number of ether oxygens (including phenoxy) is 1. The van der Waals surface area contributed by atoms with Crippen molar-refractivity contribution in [1.82, 2.24) is 10.2 Å². The summed E-state index contributed by atoms with van der Waals surface area (Å²) in [6.07, 6.45) is 1.03. The summed E-state index contributed by atoms with van der Waals surface area (Å²) in [5, 5.41) is 7.03. The van der Waals surface area contributed by atoms with Gasteiger partial charge in [-0.15, -0.1) is 0 Å². The fourth-order valence-electron chi connectivity index (χ4n) is 2.53. The van der Waals surface area contributed by atoms with Crippen molar-refractivity contribution >= 4 is 5.69 Å². The largest absolute Gasteiger partial charge is 0.484 e.